The van der Waals surface area contributed by atoms with E-state index in [1.807, 2.05) is 45.6 Å². The van der Waals surface area contributed by atoms with Crippen molar-refractivity contribution in [2.75, 3.05) is 0 Å². The van der Waals surface area contributed by atoms with Gasteiger partial charge in [-0.2, -0.15) is 5.10 Å². The molecule has 0 atom stereocenters. The van der Waals surface area contributed by atoms with Gasteiger partial charge in [0.05, 0.1) is 11.7 Å². The van der Waals surface area contributed by atoms with Crippen molar-refractivity contribution in [3.05, 3.63) is 66.0 Å². The van der Waals surface area contributed by atoms with Gasteiger partial charge in [0.2, 0.25) is 0 Å². The summed E-state index contributed by atoms with van der Waals surface area (Å²) in [5, 5.41) is 6.77. The van der Waals surface area contributed by atoms with E-state index >= 15 is 0 Å². The largest absolute Gasteiger partial charge is 0.351 e. The molecule has 31 heavy (non-hydrogen) atoms. The highest BCUT2D eigenvalue weighted by Gasteiger charge is 2.03. The van der Waals surface area contributed by atoms with Crippen LogP contribution in [0.25, 0.3) is 21.8 Å². The summed E-state index contributed by atoms with van der Waals surface area (Å²) in [7, 11) is 4.06. The first kappa shape index (κ1) is 28.5. The third-order valence-electron chi connectivity index (χ3n) is 5.02. The van der Waals surface area contributed by atoms with Gasteiger partial charge in [-0.3, -0.25) is 4.68 Å². The van der Waals surface area contributed by atoms with E-state index in [2.05, 4.69) is 93.1 Å². The SMILES string of the molecule is C.CC.CC.CC(C)c1ccc2c(cnn2C)c1.CC(C)c1ccc2ccn(C)c2c1. The summed E-state index contributed by atoms with van der Waals surface area (Å²) in [5.74, 6) is 1.20. The highest BCUT2D eigenvalue weighted by molar-refractivity contribution is 5.81. The lowest BCUT2D eigenvalue weighted by molar-refractivity contribution is 0.796. The van der Waals surface area contributed by atoms with Crippen molar-refractivity contribution in [3.63, 3.8) is 0 Å². The van der Waals surface area contributed by atoms with Gasteiger partial charge in [-0.05, 0) is 52.6 Å². The van der Waals surface area contributed by atoms with Crippen LogP contribution in [0.5, 0.6) is 0 Å². The van der Waals surface area contributed by atoms with Crippen molar-refractivity contribution in [2.45, 2.75) is 74.7 Å². The Hall–Kier alpha value is -2.55. The van der Waals surface area contributed by atoms with E-state index < -0.39 is 0 Å². The molecule has 0 bridgehead atoms. The predicted octanol–water partition coefficient (Wildman–Crippen LogP) is 8.69. The average molecular weight is 424 g/mol. The molecule has 0 aliphatic carbocycles. The van der Waals surface area contributed by atoms with Gasteiger partial charge >= 0.3 is 0 Å². The molecule has 0 N–H and O–H groups in total. The molecule has 0 amide bonds. The highest BCUT2D eigenvalue weighted by atomic mass is 15.2. The van der Waals surface area contributed by atoms with Gasteiger partial charge in [0.1, 0.15) is 0 Å². The maximum atomic E-state index is 4.21. The molecule has 2 aromatic heterocycles. The number of aromatic nitrogens is 3. The first-order chi connectivity index (χ1) is 14.4. The van der Waals surface area contributed by atoms with Crippen LogP contribution in [0.3, 0.4) is 0 Å². The van der Waals surface area contributed by atoms with Gasteiger partial charge in [-0.25, -0.2) is 0 Å². The second kappa shape index (κ2) is 13.7. The fraction of sp³-hybridized carbons (Fsp3) is 0.464. The standard InChI is InChI=1S/C12H15N.C11H14N2.2C2H6.CH4/c1-9(2)11-5-4-10-6-7-13(3)12(10)8-11;1-8(2)9-4-5-11-10(6-9)7-12-13(11)3;2*1-2;/h4-9H,1-3H3;4-8H,1-3H3;2*1-2H3;1H4. The monoisotopic (exact) mass is 423 g/mol. The van der Waals surface area contributed by atoms with Crippen LogP contribution in [0.1, 0.15) is 85.8 Å². The lowest BCUT2D eigenvalue weighted by Gasteiger charge is -2.05. The second-order valence-electron chi connectivity index (χ2n) is 7.64. The minimum Gasteiger partial charge on any atom is -0.351 e. The smallest absolute Gasteiger partial charge is 0.0679 e. The van der Waals surface area contributed by atoms with Crippen LogP contribution in [-0.2, 0) is 14.1 Å². The second-order valence-corrected chi connectivity index (χ2v) is 7.64. The summed E-state index contributed by atoms with van der Waals surface area (Å²) in [6.45, 7) is 16.9. The summed E-state index contributed by atoms with van der Waals surface area (Å²) in [5.41, 5.74) is 5.31. The number of hydrogen-bond acceptors (Lipinski definition) is 1. The van der Waals surface area contributed by atoms with Crippen molar-refractivity contribution >= 4 is 21.8 Å². The van der Waals surface area contributed by atoms with Gasteiger partial charge in [-0.1, -0.05) is 81.0 Å². The van der Waals surface area contributed by atoms with Crippen LogP contribution in [0.2, 0.25) is 0 Å². The maximum Gasteiger partial charge on any atom is 0.0679 e. The van der Waals surface area contributed by atoms with E-state index in [1.54, 1.807) is 0 Å². The zero-order chi connectivity index (χ0) is 22.8. The molecule has 4 aromatic rings. The third kappa shape index (κ3) is 7.27. The number of fused-ring (bicyclic) bond motifs is 2. The summed E-state index contributed by atoms with van der Waals surface area (Å²) in [6, 6.07) is 15.4. The van der Waals surface area contributed by atoms with Crippen LogP contribution in [0.15, 0.2) is 54.9 Å². The van der Waals surface area contributed by atoms with Crippen molar-refractivity contribution in [1.29, 1.82) is 0 Å². The fourth-order valence-corrected chi connectivity index (χ4v) is 3.18. The number of aryl methyl sites for hydroxylation is 2. The summed E-state index contributed by atoms with van der Waals surface area (Å²) < 4.78 is 4.07. The Kier molecular flexibility index (Phi) is 12.6. The molecular weight excluding hydrogens is 378 g/mol. The molecule has 172 valence electrons. The first-order valence-electron chi connectivity index (χ1n) is 11.3. The number of benzene rings is 2. The Morgan fingerprint density at radius 1 is 0.677 bits per heavy atom. The van der Waals surface area contributed by atoms with Gasteiger partial charge in [0.15, 0.2) is 0 Å². The molecule has 3 nitrogen and oxygen atoms in total. The Labute approximate surface area is 191 Å². The van der Waals surface area contributed by atoms with E-state index in [0.29, 0.717) is 11.8 Å². The summed E-state index contributed by atoms with van der Waals surface area (Å²) in [6.07, 6.45) is 4.02. The summed E-state index contributed by atoms with van der Waals surface area (Å²) in [4.78, 5) is 0. The quantitative estimate of drug-likeness (QED) is 0.316. The Morgan fingerprint density at radius 2 is 1.23 bits per heavy atom. The Morgan fingerprint density at radius 3 is 1.81 bits per heavy atom. The molecule has 2 heterocycles. The zero-order valence-corrected chi connectivity index (χ0v) is 20.7. The van der Waals surface area contributed by atoms with E-state index in [0.717, 1.165) is 0 Å². The fourth-order valence-electron chi connectivity index (χ4n) is 3.18. The molecule has 0 radical (unpaired) electrons. The molecule has 0 aliphatic heterocycles. The minimum atomic E-state index is 0. The van der Waals surface area contributed by atoms with Gasteiger partial charge in [0, 0.05) is 31.2 Å². The Bertz CT molecular complexity index is 1020. The third-order valence-corrected chi connectivity index (χ3v) is 5.02. The van der Waals surface area contributed by atoms with Crippen molar-refractivity contribution < 1.29 is 0 Å². The normalized spacial score (nSPS) is 9.94. The zero-order valence-electron chi connectivity index (χ0n) is 20.7. The molecule has 0 unspecified atom stereocenters. The lowest BCUT2D eigenvalue weighted by Crippen LogP contribution is -1.90. The van der Waals surface area contributed by atoms with Crippen molar-refractivity contribution in [2.24, 2.45) is 14.1 Å². The van der Waals surface area contributed by atoms with Crippen LogP contribution in [-0.4, -0.2) is 14.3 Å². The summed E-state index contributed by atoms with van der Waals surface area (Å²) >= 11 is 0. The molecule has 3 heteroatoms. The molecule has 0 saturated heterocycles. The first-order valence-corrected chi connectivity index (χ1v) is 11.3. The van der Waals surface area contributed by atoms with E-state index in [-0.39, 0.29) is 7.43 Å². The Balaban J connectivity index is 0.000000487. The number of rotatable bonds is 2. The molecule has 4 rings (SSSR count). The minimum absolute atomic E-state index is 0. The molecule has 2 aromatic carbocycles. The lowest BCUT2D eigenvalue weighted by atomic mass is 10.0. The van der Waals surface area contributed by atoms with Gasteiger partial charge in [-0.15, -0.1) is 0 Å². The molecule has 0 aliphatic rings. The number of hydrogen-bond donors (Lipinski definition) is 0. The maximum absolute atomic E-state index is 4.21. The van der Waals surface area contributed by atoms with Gasteiger partial charge < -0.3 is 4.57 Å². The van der Waals surface area contributed by atoms with Crippen molar-refractivity contribution in [1.82, 2.24) is 14.3 Å². The van der Waals surface area contributed by atoms with Crippen LogP contribution < -0.4 is 0 Å². The van der Waals surface area contributed by atoms with Gasteiger partial charge in [0.25, 0.3) is 0 Å². The average Bonchev–Trinajstić information content (AvgIpc) is 3.33. The molecule has 0 saturated carbocycles. The topological polar surface area (TPSA) is 22.8 Å². The van der Waals surface area contributed by atoms with E-state index in [9.17, 15) is 0 Å². The number of nitrogens with zero attached hydrogens (tertiary/aromatic N) is 3. The predicted molar refractivity (Wildman–Crippen MR) is 141 cm³/mol. The van der Waals surface area contributed by atoms with Crippen LogP contribution in [0, 0.1) is 0 Å². The molecular formula is C28H45N3. The van der Waals surface area contributed by atoms with E-state index in [4.69, 9.17) is 0 Å². The highest BCUT2D eigenvalue weighted by Crippen LogP contribution is 2.22. The molecule has 0 fully saturated rings. The molecule has 0 spiro atoms. The van der Waals surface area contributed by atoms with E-state index in [1.165, 1.54) is 32.9 Å². The van der Waals surface area contributed by atoms with Crippen LogP contribution >= 0.6 is 0 Å². The van der Waals surface area contributed by atoms with Crippen molar-refractivity contribution in [3.8, 4) is 0 Å². The van der Waals surface area contributed by atoms with Crippen LogP contribution in [0.4, 0.5) is 0 Å².